The molecule has 2 aromatic rings. The highest BCUT2D eigenvalue weighted by Crippen LogP contribution is 2.20. The molecule has 1 heterocycles. The van der Waals surface area contributed by atoms with E-state index in [-0.39, 0.29) is 0 Å². The number of hydrogen-bond acceptors (Lipinski definition) is 1. The maximum absolute atomic E-state index is 7.35. The van der Waals surface area contributed by atoms with Crippen LogP contribution in [-0.2, 0) is 6.98 Å². The minimum Gasteiger partial charge on any atom is -0.497 e. The Morgan fingerprint density at radius 3 is 3.08 bits per heavy atom. The minimum absolute atomic E-state index is 0.659. The summed E-state index contributed by atoms with van der Waals surface area (Å²) in [5.74, 6) is 0.659. The molecular weight excluding hydrogens is 150 g/mol. The number of nitrogens with zero attached hydrogens (tertiary/aromatic N) is 1. The number of aromatic nitrogens is 1. The molecule has 0 N–H and O–H groups in total. The molecule has 0 bridgehead atoms. The topological polar surface area (TPSA) is 14.2 Å². The van der Waals surface area contributed by atoms with Crippen molar-refractivity contribution >= 4 is 10.9 Å². The molecule has 1 aromatic carbocycles. The molecule has 12 heavy (non-hydrogen) atoms. The zero-order valence-electron chi connectivity index (χ0n) is 9.74. The summed E-state index contributed by atoms with van der Waals surface area (Å²) in [6.07, 6.45) is 1.57. The number of methoxy groups -OCH3 is 1. The van der Waals surface area contributed by atoms with E-state index < -0.39 is 6.98 Å². The van der Waals surface area contributed by atoms with Crippen molar-refractivity contribution < 1.29 is 8.85 Å². The van der Waals surface area contributed by atoms with Crippen molar-refractivity contribution in [2.24, 2.45) is 6.98 Å². The van der Waals surface area contributed by atoms with Crippen LogP contribution >= 0.6 is 0 Å². The van der Waals surface area contributed by atoms with Crippen molar-refractivity contribution in [3.63, 3.8) is 0 Å². The van der Waals surface area contributed by atoms with Crippen LogP contribution in [0.4, 0.5) is 0 Å². The third kappa shape index (κ3) is 0.961. The second-order valence-electron chi connectivity index (χ2n) is 2.61. The second kappa shape index (κ2) is 2.55. The second-order valence-corrected chi connectivity index (χ2v) is 2.61. The van der Waals surface area contributed by atoms with E-state index in [1.54, 1.807) is 25.4 Å². The third-order valence-electron chi connectivity index (χ3n) is 1.90. The molecule has 0 atom stereocenters. The standard InChI is InChI=1S/C10H11NO/c1-11-6-5-8-3-4-9(12-2)7-10(8)11/h3-7H,1-2H3/i1D3. The first-order valence-corrected chi connectivity index (χ1v) is 3.68. The van der Waals surface area contributed by atoms with E-state index in [2.05, 4.69) is 0 Å². The molecule has 2 heteroatoms. The summed E-state index contributed by atoms with van der Waals surface area (Å²) in [6, 6.07) is 7.16. The van der Waals surface area contributed by atoms with Gasteiger partial charge in [-0.1, -0.05) is 0 Å². The summed E-state index contributed by atoms with van der Waals surface area (Å²) in [5, 5.41) is 0.895. The van der Waals surface area contributed by atoms with Gasteiger partial charge in [-0.25, -0.2) is 0 Å². The van der Waals surface area contributed by atoms with Gasteiger partial charge in [0, 0.05) is 23.4 Å². The Bertz CT molecular complexity index is 487. The van der Waals surface area contributed by atoms with Gasteiger partial charge in [-0.15, -0.1) is 0 Å². The molecule has 0 spiro atoms. The average molecular weight is 164 g/mol. The summed E-state index contributed by atoms with van der Waals surface area (Å²) in [4.78, 5) is 0. The van der Waals surface area contributed by atoms with Crippen molar-refractivity contribution in [1.82, 2.24) is 4.57 Å². The fourth-order valence-corrected chi connectivity index (χ4v) is 1.24. The quantitative estimate of drug-likeness (QED) is 0.630. The van der Waals surface area contributed by atoms with Gasteiger partial charge in [0.15, 0.2) is 0 Å². The van der Waals surface area contributed by atoms with Crippen molar-refractivity contribution in [2.45, 2.75) is 0 Å². The van der Waals surface area contributed by atoms with Gasteiger partial charge in [0.1, 0.15) is 5.75 Å². The summed E-state index contributed by atoms with van der Waals surface area (Å²) in [5.41, 5.74) is 0.661. The van der Waals surface area contributed by atoms with Crippen LogP contribution in [-0.4, -0.2) is 11.7 Å². The van der Waals surface area contributed by atoms with Gasteiger partial charge in [0.2, 0.25) is 0 Å². The van der Waals surface area contributed by atoms with Crippen molar-refractivity contribution in [1.29, 1.82) is 0 Å². The SMILES string of the molecule is [2H]C([2H])([2H])n1ccc2ccc(OC)cc21. The lowest BCUT2D eigenvalue weighted by Gasteiger charge is -2.00. The van der Waals surface area contributed by atoms with Gasteiger partial charge in [-0.2, -0.15) is 0 Å². The zero-order valence-corrected chi connectivity index (χ0v) is 6.74. The predicted molar refractivity (Wildman–Crippen MR) is 49.5 cm³/mol. The lowest BCUT2D eigenvalue weighted by Crippen LogP contribution is -1.86. The van der Waals surface area contributed by atoms with Gasteiger partial charge >= 0.3 is 0 Å². The molecule has 1 aromatic heterocycles. The Kier molecular flexibility index (Phi) is 0.969. The van der Waals surface area contributed by atoms with Crippen molar-refractivity contribution in [2.75, 3.05) is 7.11 Å². The molecule has 0 amide bonds. The first-order chi connectivity index (χ1) is 7.02. The van der Waals surface area contributed by atoms with Crippen LogP contribution < -0.4 is 4.74 Å². The summed E-state index contributed by atoms with van der Waals surface area (Å²) in [6.45, 7) is -2.14. The summed E-state index contributed by atoms with van der Waals surface area (Å²) >= 11 is 0. The monoisotopic (exact) mass is 164 g/mol. The molecule has 0 unspecified atom stereocenters. The predicted octanol–water partition coefficient (Wildman–Crippen LogP) is 2.19. The average Bonchev–Trinajstić information content (AvgIpc) is 2.59. The van der Waals surface area contributed by atoms with Gasteiger partial charge in [-0.05, 0) is 23.6 Å². The molecule has 2 rings (SSSR count). The first-order valence-electron chi connectivity index (χ1n) is 5.18. The Morgan fingerprint density at radius 1 is 1.42 bits per heavy atom. The van der Waals surface area contributed by atoms with Crippen LogP contribution in [0.2, 0.25) is 0 Å². The van der Waals surface area contributed by atoms with Gasteiger partial charge in [0.25, 0.3) is 0 Å². The third-order valence-corrected chi connectivity index (χ3v) is 1.90. The molecule has 0 fully saturated rings. The van der Waals surface area contributed by atoms with E-state index in [0.717, 1.165) is 5.39 Å². The molecule has 0 saturated carbocycles. The molecule has 0 aliphatic heterocycles. The highest BCUT2D eigenvalue weighted by molar-refractivity contribution is 5.81. The van der Waals surface area contributed by atoms with Crippen LogP contribution in [0.3, 0.4) is 0 Å². The Labute approximate surface area is 75.6 Å². The van der Waals surface area contributed by atoms with Crippen molar-refractivity contribution in [3.8, 4) is 5.75 Å². The van der Waals surface area contributed by atoms with Crippen LogP contribution in [0.5, 0.6) is 5.75 Å². The van der Waals surface area contributed by atoms with Crippen LogP contribution in [0.15, 0.2) is 30.5 Å². The van der Waals surface area contributed by atoms with E-state index in [1.165, 1.54) is 4.57 Å². The number of ether oxygens (including phenoxy) is 1. The maximum Gasteiger partial charge on any atom is 0.120 e. The van der Waals surface area contributed by atoms with E-state index >= 15 is 0 Å². The summed E-state index contributed by atoms with van der Waals surface area (Å²) in [7, 11) is 1.56. The normalized spacial score (nSPS) is 15.2. The van der Waals surface area contributed by atoms with E-state index in [4.69, 9.17) is 8.85 Å². The largest absolute Gasteiger partial charge is 0.497 e. The van der Waals surface area contributed by atoms with Gasteiger partial charge in [-0.3, -0.25) is 0 Å². The first kappa shape index (κ1) is 4.55. The lowest BCUT2D eigenvalue weighted by atomic mass is 10.2. The van der Waals surface area contributed by atoms with Gasteiger partial charge in [0.05, 0.1) is 12.6 Å². The van der Waals surface area contributed by atoms with Gasteiger partial charge < -0.3 is 9.30 Å². The van der Waals surface area contributed by atoms with Crippen LogP contribution in [0.1, 0.15) is 4.11 Å². The number of benzene rings is 1. The van der Waals surface area contributed by atoms with E-state index in [1.807, 2.05) is 12.1 Å². The summed E-state index contributed by atoms with van der Waals surface area (Å²) < 4.78 is 28.4. The fraction of sp³-hybridized carbons (Fsp3) is 0.200. The Hall–Kier alpha value is -1.44. The molecule has 62 valence electrons. The maximum atomic E-state index is 7.35. The number of fused-ring (bicyclic) bond motifs is 1. The molecular formula is C10H11NO. The van der Waals surface area contributed by atoms with E-state index in [0.29, 0.717) is 11.3 Å². The van der Waals surface area contributed by atoms with Crippen molar-refractivity contribution in [3.05, 3.63) is 30.5 Å². The fourth-order valence-electron chi connectivity index (χ4n) is 1.24. The van der Waals surface area contributed by atoms with Crippen LogP contribution in [0, 0.1) is 0 Å². The molecule has 0 saturated heterocycles. The number of rotatable bonds is 1. The number of hydrogen-bond donors (Lipinski definition) is 0. The smallest absolute Gasteiger partial charge is 0.120 e. The highest BCUT2D eigenvalue weighted by atomic mass is 16.5. The highest BCUT2D eigenvalue weighted by Gasteiger charge is 1.98. The molecule has 0 radical (unpaired) electrons. The molecule has 2 nitrogen and oxygen atoms in total. The van der Waals surface area contributed by atoms with E-state index in [9.17, 15) is 0 Å². The Balaban J connectivity index is 2.67. The number of aryl methyl sites for hydroxylation is 1. The minimum atomic E-state index is -2.14. The lowest BCUT2D eigenvalue weighted by molar-refractivity contribution is 0.415. The Morgan fingerprint density at radius 2 is 2.33 bits per heavy atom. The van der Waals surface area contributed by atoms with Crippen LogP contribution in [0.25, 0.3) is 10.9 Å². The zero-order chi connectivity index (χ0) is 11.1. The molecule has 0 aliphatic carbocycles. The molecule has 0 aliphatic rings.